The zero-order chi connectivity index (χ0) is 40.1. The number of thioether (sulfide) groups is 1. The van der Waals surface area contributed by atoms with Crippen molar-refractivity contribution in [1.29, 1.82) is 0 Å². The lowest BCUT2D eigenvalue weighted by Gasteiger charge is -2.47. The van der Waals surface area contributed by atoms with Gasteiger partial charge in [-0.25, -0.2) is 0 Å². The molecule has 1 aromatic heterocycles. The minimum absolute atomic E-state index is 0.468. The number of fused-ring (bicyclic) bond motifs is 11. The Morgan fingerprint density at radius 3 is 2.15 bits per heavy atom. The van der Waals surface area contributed by atoms with Gasteiger partial charge in [0.15, 0.2) is 0 Å². The lowest BCUT2D eigenvalue weighted by Crippen LogP contribution is -2.37. The van der Waals surface area contributed by atoms with Crippen LogP contribution in [0.1, 0.15) is 23.1 Å². The molecule has 9 aromatic carbocycles. The molecule has 0 saturated heterocycles. The summed E-state index contributed by atoms with van der Waals surface area (Å²) in [4.78, 5) is 5.17. The summed E-state index contributed by atoms with van der Waals surface area (Å²) < 4.78 is 2.40. The van der Waals surface area contributed by atoms with E-state index < -0.39 is 5.41 Å². The Balaban J connectivity index is 1.12. The summed E-state index contributed by atoms with van der Waals surface area (Å²) in [5.41, 5.74) is 14.6. The largest absolute Gasteiger partial charge is 0.310 e. The molecule has 3 aliphatic rings. The molecule has 0 fully saturated rings. The number of rotatable bonds is 4. The molecular formula is C58H38N2S. The van der Waals surface area contributed by atoms with Gasteiger partial charge in [-0.15, -0.1) is 0 Å². The molecule has 61 heavy (non-hydrogen) atoms. The number of hydrogen-bond donors (Lipinski definition) is 0. The van der Waals surface area contributed by atoms with Gasteiger partial charge < -0.3 is 9.47 Å². The molecule has 0 saturated carbocycles. The average Bonchev–Trinajstić information content (AvgIpc) is 3.45. The molecule has 2 nitrogen and oxygen atoms in total. The summed E-state index contributed by atoms with van der Waals surface area (Å²) >= 11 is 1.92. The van der Waals surface area contributed by atoms with Crippen LogP contribution < -0.4 is 4.90 Å². The highest BCUT2D eigenvalue weighted by molar-refractivity contribution is 8.03. The Hall–Kier alpha value is -7.33. The van der Waals surface area contributed by atoms with Crippen LogP contribution in [-0.2, 0) is 5.41 Å². The lowest BCUT2D eigenvalue weighted by atomic mass is 9.58. The van der Waals surface area contributed by atoms with Crippen LogP contribution in [0.5, 0.6) is 0 Å². The first-order chi connectivity index (χ1) is 30.3. The predicted molar refractivity (Wildman–Crippen MR) is 258 cm³/mol. The topological polar surface area (TPSA) is 8.17 Å². The van der Waals surface area contributed by atoms with Crippen molar-refractivity contribution in [3.8, 4) is 16.8 Å². The molecule has 0 radical (unpaired) electrons. The van der Waals surface area contributed by atoms with Gasteiger partial charge in [-0.2, -0.15) is 0 Å². The fourth-order valence-electron chi connectivity index (χ4n) is 10.8. The monoisotopic (exact) mass is 794 g/mol. The van der Waals surface area contributed by atoms with Gasteiger partial charge in [-0.05, 0) is 123 Å². The van der Waals surface area contributed by atoms with Crippen LogP contribution in [0.25, 0.3) is 60.2 Å². The molecule has 286 valence electrons. The van der Waals surface area contributed by atoms with Gasteiger partial charge in [0, 0.05) is 43.0 Å². The summed E-state index contributed by atoms with van der Waals surface area (Å²) in [6.07, 6.45) is 9.99. The van der Waals surface area contributed by atoms with Crippen LogP contribution in [0.15, 0.2) is 234 Å². The van der Waals surface area contributed by atoms with E-state index in [4.69, 9.17) is 0 Å². The first kappa shape index (κ1) is 34.5. The van der Waals surface area contributed by atoms with E-state index in [1.54, 1.807) is 0 Å². The summed E-state index contributed by atoms with van der Waals surface area (Å²) in [5, 5.41) is 7.46. The summed E-state index contributed by atoms with van der Waals surface area (Å²) in [7, 11) is 0. The third-order valence-corrected chi connectivity index (χ3v) is 14.5. The van der Waals surface area contributed by atoms with E-state index in [1.807, 2.05) is 11.8 Å². The molecule has 3 heteroatoms. The highest BCUT2D eigenvalue weighted by Gasteiger charge is 2.49. The normalized spacial score (nSPS) is 16.3. The summed E-state index contributed by atoms with van der Waals surface area (Å²) in [5.74, 6) is 0. The van der Waals surface area contributed by atoms with E-state index in [9.17, 15) is 0 Å². The van der Waals surface area contributed by atoms with Crippen LogP contribution in [-0.4, -0.2) is 4.57 Å². The third-order valence-electron chi connectivity index (χ3n) is 13.3. The van der Waals surface area contributed by atoms with Crippen LogP contribution >= 0.6 is 11.8 Å². The molecule has 1 aliphatic heterocycles. The van der Waals surface area contributed by atoms with Crippen LogP contribution in [0.3, 0.4) is 0 Å². The average molecular weight is 795 g/mol. The maximum absolute atomic E-state index is 2.50. The zero-order valence-electron chi connectivity index (χ0n) is 33.3. The van der Waals surface area contributed by atoms with E-state index >= 15 is 0 Å². The second-order valence-electron chi connectivity index (χ2n) is 16.3. The first-order valence-corrected chi connectivity index (χ1v) is 22.0. The van der Waals surface area contributed by atoms with Crippen molar-refractivity contribution >= 4 is 72.2 Å². The van der Waals surface area contributed by atoms with Crippen molar-refractivity contribution in [2.75, 3.05) is 4.90 Å². The Kier molecular flexibility index (Phi) is 7.55. The SMILES string of the molecule is C1=CCC2=C(C=C1)Sc1ccccc1C21c2ccccc2-c2ccc(N(c3ccc4ccccc4c3)c3ccc4c(c3)c3ccccc3n4-c3ccccc3)c3cccc1c23. The number of aromatic nitrogens is 1. The molecule has 1 spiro atoms. The number of para-hydroxylation sites is 2. The number of allylic oxidation sites excluding steroid dienone is 5. The highest BCUT2D eigenvalue weighted by Crippen LogP contribution is 2.63. The van der Waals surface area contributed by atoms with Gasteiger partial charge >= 0.3 is 0 Å². The van der Waals surface area contributed by atoms with Crippen LogP contribution in [0, 0.1) is 0 Å². The van der Waals surface area contributed by atoms with E-state index in [2.05, 4.69) is 228 Å². The van der Waals surface area contributed by atoms with Crippen molar-refractivity contribution in [3.63, 3.8) is 0 Å². The van der Waals surface area contributed by atoms with Crippen molar-refractivity contribution in [3.05, 3.63) is 246 Å². The number of nitrogens with zero attached hydrogens (tertiary/aromatic N) is 2. The highest BCUT2D eigenvalue weighted by atomic mass is 32.2. The summed E-state index contributed by atoms with van der Waals surface area (Å²) in [6.45, 7) is 0. The van der Waals surface area contributed by atoms with Gasteiger partial charge in [-0.1, -0.05) is 163 Å². The Morgan fingerprint density at radius 2 is 1.21 bits per heavy atom. The van der Waals surface area contributed by atoms with Gasteiger partial charge in [0.1, 0.15) is 0 Å². The van der Waals surface area contributed by atoms with Gasteiger partial charge in [-0.3, -0.25) is 0 Å². The molecule has 1 unspecified atom stereocenters. The van der Waals surface area contributed by atoms with Crippen molar-refractivity contribution < 1.29 is 0 Å². The van der Waals surface area contributed by atoms with E-state index in [-0.39, 0.29) is 0 Å². The van der Waals surface area contributed by atoms with Gasteiger partial charge in [0.05, 0.1) is 22.1 Å². The molecular weight excluding hydrogens is 757 g/mol. The number of benzene rings is 9. The Labute approximate surface area is 359 Å². The van der Waals surface area contributed by atoms with Gasteiger partial charge in [0.25, 0.3) is 0 Å². The number of anilines is 3. The Bertz CT molecular complexity index is 3550. The molecule has 2 heterocycles. The molecule has 0 N–H and O–H groups in total. The maximum Gasteiger partial charge on any atom is 0.0701 e. The van der Waals surface area contributed by atoms with Gasteiger partial charge in [0.2, 0.25) is 0 Å². The summed E-state index contributed by atoms with van der Waals surface area (Å²) in [6, 6.07) is 72.4. The molecule has 2 aliphatic carbocycles. The van der Waals surface area contributed by atoms with E-state index in [0.717, 1.165) is 29.2 Å². The smallest absolute Gasteiger partial charge is 0.0701 e. The minimum Gasteiger partial charge on any atom is -0.310 e. The quantitative estimate of drug-likeness (QED) is 0.175. The molecule has 1 atom stereocenters. The first-order valence-electron chi connectivity index (χ1n) is 21.2. The van der Waals surface area contributed by atoms with Crippen LogP contribution in [0.2, 0.25) is 0 Å². The van der Waals surface area contributed by atoms with Crippen molar-refractivity contribution in [1.82, 2.24) is 4.57 Å². The molecule has 0 bridgehead atoms. The molecule has 0 amide bonds. The van der Waals surface area contributed by atoms with Crippen LogP contribution in [0.4, 0.5) is 17.1 Å². The molecule has 10 aromatic rings. The lowest BCUT2D eigenvalue weighted by molar-refractivity contribution is 0.689. The number of hydrogen-bond acceptors (Lipinski definition) is 2. The third kappa shape index (κ3) is 4.93. The van der Waals surface area contributed by atoms with Crippen molar-refractivity contribution in [2.45, 2.75) is 16.7 Å². The van der Waals surface area contributed by atoms with E-state index in [0.29, 0.717) is 0 Å². The fraction of sp³-hybridized carbons (Fsp3) is 0.0345. The Morgan fingerprint density at radius 1 is 0.492 bits per heavy atom. The van der Waals surface area contributed by atoms with Crippen molar-refractivity contribution in [2.24, 2.45) is 0 Å². The fourth-order valence-corrected chi connectivity index (χ4v) is 12.0. The predicted octanol–water partition coefficient (Wildman–Crippen LogP) is 15.8. The zero-order valence-corrected chi connectivity index (χ0v) is 34.1. The minimum atomic E-state index is -0.468. The second-order valence-corrected chi connectivity index (χ2v) is 17.4. The standard InChI is InChI=1S/C58H38N2S/c1-3-18-40(19-4-1)60-52-27-13-10-21-44(52)47-37-42(32-34-54(47)60)59(41-31-30-38-16-7-8-17-39(38)36-41)53-35-33-45-43-20-9-11-23-48(43)58(51-26-15-22-46(53)57(45)51)49-24-5-2-6-28-55(49)61-56-29-14-12-25-50(56)58/h1-23,25-37H,24H2. The second kappa shape index (κ2) is 13.3. The maximum atomic E-state index is 2.50. The van der Waals surface area contributed by atoms with E-state index in [1.165, 1.54) is 86.5 Å². The molecule has 13 rings (SSSR count).